The molecule has 35 heavy (non-hydrogen) atoms. The van der Waals surface area contributed by atoms with Crippen LogP contribution in [0.3, 0.4) is 0 Å². The average molecular weight is 479 g/mol. The minimum absolute atomic E-state index is 0.0270. The molecule has 2 amide bonds. The fourth-order valence-corrected chi connectivity index (χ4v) is 5.40. The monoisotopic (exact) mass is 478 g/mol. The lowest BCUT2D eigenvalue weighted by Gasteiger charge is -2.22. The number of alkyl carbamates (subject to hydrolysis) is 1. The molecule has 2 aliphatic carbocycles. The smallest absolute Gasteiger partial charge is 0.407 e. The first-order valence-electron chi connectivity index (χ1n) is 12.6. The molecule has 1 unspecified atom stereocenters. The lowest BCUT2D eigenvalue weighted by molar-refractivity contribution is -0.142. The second-order valence-electron chi connectivity index (χ2n) is 9.56. The summed E-state index contributed by atoms with van der Waals surface area (Å²) in [4.78, 5) is 36.8. The van der Waals surface area contributed by atoms with Gasteiger partial charge in [0.15, 0.2) is 0 Å². The number of amides is 2. The van der Waals surface area contributed by atoms with Gasteiger partial charge in [0.25, 0.3) is 0 Å². The van der Waals surface area contributed by atoms with Crippen LogP contribution in [-0.2, 0) is 14.3 Å². The quantitative estimate of drug-likeness (QED) is 0.453. The van der Waals surface area contributed by atoms with Crippen LogP contribution < -0.4 is 10.6 Å². The molecular formula is C28H34N2O5. The van der Waals surface area contributed by atoms with E-state index in [2.05, 4.69) is 41.8 Å². The van der Waals surface area contributed by atoms with Crippen molar-refractivity contribution in [1.29, 1.82) is 0 Å². The Balaban J connectivity index is 1.34. The molecule has 3 atom stereocenters. The van der Waals surface area contributed by atoms with Gasteiger partial charge < -0.3 is 20.5 Å². The zero-order chi connectivity index (χ0) is 24.8. The highest BCUT2D eigenvalue weighted by atomic mass is 16.5. The Morgan fingerprint density at radius 1 is 1.03 bits per heavy atom. The zero-order valence-electron chi connectivity index (χ0n) is 20.2. The maximum Gasteiger partial charge on any atom is 0.407 e. The summed E-state index contributed by atoms with van der Waals surface area (Å²) in [7, 11) is 0. The predicted octanol–water partition coefficient (Wildman–Crippen LogP) is 4.84. The highest BCUT2D eigenvalue weighted by Gasteiger charge is 2.34. The van der Waals surface area contributed by atoms with Crippen molar-refractivity contribution >= 4 is 18.0 Å². The number of unbranched alkanes of at least 4 members (excludes halogenated alkanes) is 1. The van der Waals surface area contributed by atoms with Crippen molar-refractivity contribution in [2.75, 3.05) is 6.61 Å². The molecule has 3 N–H and O–H groups in total. The van der Waals surface area contributed by atoms with Crippen molar-refractivity contribution in [1.82, 2.24) is 10.6 Å². The first kappa shape index (κ1) is 24.8. The third kappa shape index (κ3) is 5.84. The van der Waals surface area contributed by atoms with E-state index in [1.165, 1.54) is 11.1 Å². The number of hydrogen-bond donors (Lipinski definition) is 3. The summed E-state index contributed by atoms with van der Waals surface area (Å²) in [6.45, 7) is 2.27. The summed E-state index contributed by atoms with van der Waals surface area (Å²) in [6.07, 6.45) is 4.06. The predicted molar refractivity (Wildman–Crippen MR) is 133 cm³/mol. The molecule has 2 aromatic carbocycles. The van der Waals surface area contributed by atoms with E-state index in [-0.39, 0.29) is 36.9 Å². The van der Waals surface area contributed by atoms with Gasteiger partial charge in [-0.1, -0.05) is 74.7 Å². The maximum absolute atomic E-state index is 12.7. The molecule has 1 fully saturated rings. The molecule has 7 heteroatoms. The van der Waals surface area contributed by atoms with Gasteiger partial charge in [-0.2, -0.15) is 0 Å². The number of rotatable bonds is 10. The number of ether oxygens (including phenoxy) is 1. The number of carbonyl (C=O) groups excluding carboxylic acids is 2. The Morgan fingerprint density at radius 3 is 2.31 bits per heavy atom. The molecular weight excluding hydrogens is 444 g/mol. The number of benzene rings is 2. The van der Waals surface area contributed by atoms with Gasteiger partial charge in [0.05, 0.1) is 5.92 Å². The molecule has 0 radical (unpaired) electrons. The topological polar surface area (TPSA) is 105 Å². The second-order valence-corrected chi connectivity index (χ2v) is 9.56. The molecule has 4 rings (SSSR count). The number of nitrogens with one attached hydrogen (secondary N) is 2. The molecule has 186 valence electrons. The van der Waals surface area contributed by atoms with Gasteiger partial charge in [0.1, 0.15) is 6.61 Å². The largest absolute Gasteiger partial charge is 0.481 e. The van der Waals surface area contributed by atoms with Gasteiger partial charge in [-0.15, -0.1) is 0 Å². The number of fused-ring (bicyclic) bond motifs is 3. The molecule has 0 aliphatic heterocycles. The summed E-state index contributed by atoms with van der Waals surface area (Å²) in [5.74, 6) is -1.67. The Hall–Kier alpha value is -3.35. The number of hydrogen-bond acceptors (Lipinski definition) is 4. The third-order valence-electron chi connectivity index (χ3n) is 7.18. The Kier molecular flexibility index (Phi) is 8.06. The fraction of sp³-hybridized carbons (Fsp3) is 0.464. The van der Waals surface area contributed by atoms with Crippen molar-refractivity contribution in [3.63, 3.8) is 0 Å². The SMILES string of the molecule is CCCCC(CC(=O)N[C@@H]1CCC[C@@H]1C(=O)O)NC(=O)OCC1c2ccccc2-c2ccccc21. The van der Waals surface area contributed by atoms with Crippen LogP contribution in [0.4, 0.5) is 4.79 Å². The van der Waals surface area contributed by atoms with Crippen molar-refractivity contribution in [3.05, 3.63) is 59.7 Å². The minimum Gasteiger partial charge on any atom is -0.481 e. The average Bonchev–Trinajstić information content (AvgIpc) is 3.44. The summed E-state index contributed by atoms with van der Waals surface area (Å²) in [5.41, 5.74) is 4.63. The summed E-state index contributed by atoms with van der Waals surface area (Å²) in [6, 6.07) is 15.6. The van der Waals surface area contributed by atoms with E-state index in [9.17, 15) is 19.5 Å². The van der Waals surface area contributed by atoms with Gasteiger partial charge >= 0.3 is 12.1 Å². The van der Waals surface area contributed by atoms with E-state index in [0.29, 0.717) is 19.3 Å². The van der Waals surface area contributed by atoms with E-state index in [4.69, 9.17) is 4.74 Å². The highest BCUT2D eigenvalue weighted by molar-refractivity contribution is 5.80. The van der Waals surface area contributed by atoms with Crippen LogP contribution >= 0.6 is 0 Å². The minimum atomic E-state index is -0.868. The van der Waals surface area contributed by atoms with Crippen LogP contribution in [-0.4, -0.2) is 41.8 Å². The Bertz CT molecular complexity index is 1020. The molecule has 0 heterocycles. The molecule has 0 spiro atoms. The summed E-state index contributed by atoms with van der Waals surface area (Å²) in [5, 5.41) is 15.1. The molecule has 2 aromatic rings. The molecule has 0 bridgehead atoms. The van der Waals surface area contributed by atoms with Crippen LogP contribution in [0.5, 0.6) is 0 Å². The van der Waals surface area contributed by atoms with Crippen LogP contribution in [0, 0.1) is 5.92 Å². The van der Waals surface area contributed by atoms with Gasteiger partial charge in [0.2, 0.25) is 5.91 Å². The number of aliphatic carboxylic acids is 1. The van der Waals surface area contributed by atoms with E-state index in [1.807, 2.05) is 24.3 Å². The first-order valence-corrected chi connectivity index (χ1v) is 12.6. The van der Waals surface area contributed by atoms with Gasteiger partial charge in [-0.25, -0.2) is 4.79 Å². The number of carbonyl (C=O) groups is 3. The Labute approximate surface area is 206 Å². The van der Waals surface area contributed by atoms with E-state index in [0.717, 1.165) is 30.4 Å². The maximum atomic E-state index is 12.7. The second kappa shape index (κ2) is 11.4. The summed E-state index contributed by atoms with van der Waals surface area (Å²) >= 11 is 0. The van der Waals surface area contributed by atoms with Crippen LogP contribution in [0.15, 0.2) is 48.5 Å². The van der Waals surface area contributed by atoms with Crippen molar-refractivity contribution in [3.8, 4) is 11.1 Å². The van der Waals surface area contributed by atoms with E-state index < -0.39 is 18.0 Å². The standard InChI is InChI=1S/C28H34N2O5/c1-2-3-9-18(16-26(31)30-25-15-8-14-23(25)27(32)33)29-28(34)35-17-24-21-12-6-4-10-19(21)20-11-5-7-13-22(20)24/h4-7,10-13,18,23-25H,2-3,8-9,14-17H2,1H3,(H,29,34)(H,30,31)(H,32,33)/t18?,23-,25+/m0/s1. The molecule has 0 aromatic heterocycles. The third-order valence-corrected chi connectivity index (χ3v) is 7.18. The van der Waals surface area contributed by atoms with Crippen molar-refractivity contribution < 1.29 is 24.2 Å². The lowest BCUT2D eigenvalue weighted by Crippen LogP contribution is -2.44. The first-order chi connectivity index (χ1) is 17.0. The van der Waals surface area contributed by atoms with Crippen LogP contribution in [0.2, 0.25) is 0 Å². The van der Waals surface area contributed by atoms with Gasteiger partial charge in [0, 0.05) is 24.4 Å². The lowest BCUT2D eigenvalue weighted by atomic mass is 9.98. The Morgan fingerprint density at radius 2 is 1.69 bits per heavy atom. The molecule has 7 nitrogen and oxygen atoms in total. The van der Waals surface area contributed by atoms with Gasteiger partial charge in [-0.3, -0.25) is 9.59 Å². The molecule has 1 saturated carbocycles. The van der Waals surface area contributed by atoms with Crippen LogP contribution in [0.1, 0.15) is 68.9 Å². The van der Waals surface area contributed by atoms with E-state index in [1.54, 1.807) is 0 Å². The normalized spacial score (nSPS) is 19.5. The number of carboxylic acids is 1. The highest BCUT2D eigenvalue weighted by Crippen LogP contribution is 2.44. The fourth-order valence-electron chi connectivity index (χ4n) is 5.40. The van der Waals surface area contributed by atoms with E-state index >= 15 is 0 Å². The van der Waals surface area contributed by atoms with Crippen molar-refractivity contribution in [2.45, 2.75) is 69.9 Å². The van der Waals surface area contributed by atoms with Crippen LogP contribution in [0.25, 0.3) is 11.1 Å². The number of carboxylic acid groups (broad SMARTS) is 1. The molecule has 0 saturated heterocycles. The van der Waals surface area contributed by atoms with Crippen molar-refractivity contribution in [2.24, 2.45) is 5.92 Å². The van der Waals surface area contributed by atoms with Gasteiger partial charge in [-0.05, 0) is 41.5 Å². The molecule has 2 aliphatic rings. The summed E-state index contributed by atoms with van der Waals surface area (Å²) < 4.78 is 5.65. The zero-order valence-corrected chi connectivity index (χ0v) is 20.2.